The molecule has 10 heteroatoms. The van der Waals surface area contributed by atoms with Crippen LogP contribution in [0.25, 0.3) is 10.7 Å². The molecule has 3 heterocycles. The number of rotatable bonds is 7. The van der Waals surface area contributed by atoms with E-state index >= 15 is 0 Å². The first kappa shape index (κ1) is 21.1. The molecule has 3 aromatic rings. The lowest BCUT2D eigenvalue weighted by Gasteiger charge is -2.34. The monoisotopic (exact) mass is 439 g/mol. The number of amides is 2. The summed E-state index contributed by atoms with van der Waals surface area (Å²) in [5.41, 5.74) is 1.99. The lowest BCUT2D eigenvalue weighted by Crippen LogP contribution is -2.51. The van der Waals surface area contributed by atoms with E-state index in [9.17, 15) is 9.59 Å². The second-order valence-electron chi connectivity index (χ2n) is 7.34. The fourth-order valence-corrected chi connectivity index (χ4v) is 4.18. The third-order valence-corrected chi connectivity index (χ3v) is 6.10. The van der Waals surface area contributed by atoms with Gasteiger partial charge >= 0.3 is 0 Å². The summed E-state index contributed by atoms with van der Waals surface area (Å²) in [5.74, 6) is 0.452. The van der Waals surface area contributed by atoms with Gasteiger partial charge in [0.1, 0.15) is 6.54 Å². The van der Waals surface area contributed by atoms with E-state index in [0.29, 0.717) is 38.5 Å². The van der Waals surface area contributed by atoms with Crippen LogP contribution in [0.2, 0.25) is 0 Å². The second kappa shape index (κ2) is 9.80. The van der Waals surface area contributed by atoms with Crippen LogP contribution >= 0.6 is 11.3 Å². The number of thiophene rings is 1. The van der Waals surface area contributed by atoms with E-state index in [1.54, 1.807) is 4.90 Å². The SMILES string of the molecule is CCc1ccccc1NC(=O)CN1CCN(C(=O)Cn2nnc(-c3cccs3)n2)CC1. The van der Waals surface area contributed by atoms with Gasteiger partial charge < -0.3 is 10.2 Å². The number of aryl methyl sites for hydroxylation is 1. The summed E-state index contributed by atoms with van der Waals surface area (Å²) < 4.78 is 0. The van der Waals surface area contributed by atoms with Crippen LogP contribution < -0.4 is 5.32 Å². The first-order chi connectivity index (χ1) is 15.1. The smallest absolute Gasteiger partial charge is 0.246 e. The Hall–Kier alpha value is -3.11. The molecular weight excluding hydrogens is 414 g/mol. The number of carbonyl (C=O) groups is 2. The van der Waals surface area contributed by atoms with Gasteiger partial charge in [-0.2, -0.15) is 4.80 Å². The van der Waals surface area contributed by atoms with E-state index in [1.165, 1.54) is 16.1 Å². The lowest BCUT2D eigenvalue weighted by atomic mass is 10.1. The number of para-hydroxylation sites is 1. The van der Waals surface area contributed by atoms with Crippen LogP contribution in [0, 0.1) is 0 Å². The molecule has 9 nitrogen and oxygen atoms in total. The lowest BCUT2D eigenvalue weighted by molar-refractivity contribution is -0.134. The molecule has 2 aromatic heterocycles. The molecule has 0 unspecified atom stereocenters. The Morgan fingerprint density at radius 2 is 1.87 bits per heavy atom. The molecule has 1 aliphatic heterocycles. The van der Waals surface area contributed by atoms with Crippen LogP contribution in [-0.4, -0.2) is 74.5 Å². The van der Waals surface area contributed by atoms with E-state index < -0.39 is 0 Å². The molecule has 1 saturated heterocycles. The average molecular weight is 440 g/mol. The normalized spacial score (nSPS) is 14.5. The molecule has 0 atom stereocenters. The van der Waals surface area contributed by atoms with Crippen LogP contribution in [0.4, 0.5) is 5.69 Å². The molecule has 1 aromatic carbocycles. The molecule has 2 amide bonds. The van der Waals surface area contributed by atoms with Crippen molar-refractivity contribution < 1.29 is 9.59 Å². The van der Waals surface area contributed by atoms with Gasteiger partial charge in [0.25, 0.3) is 0 Å². The van der Waals surface area contributed by atoms with Gasteiger partial charge in [-0.25, -0.2) is 0 Å². The molecule has 0 aliphatic carbocycles. The van der Waals surface area contributed by atoms with Gasteiger partial charge in [0.2, 0.25) is 17.6 Å². The van der Waals surface area contributed by atoms with Crippen molar-refractivity contribution in [3.8, 4) is 10.7 Å². The predicted octanol–water partition coefficient (Wildman–Crippen LogP) is 1.75. The Morgan fingerprint density at radius 3 is 2.61 bits per heavy atom. The Labute approximate surface area is 184 Å². The average Bonchev–Trinajstić information content (AvgIpc) is 3.46. The maximum Gasteiger partial charge on any atom is 0.246 e. The fourth-order valence-electron chi connectivity index (χ4n) is 3.53. The van der Waals surface area contributed by atoms with E-state index in [0.717, 1.165) is 22.5 Å². The van der Waals surface area contributed by atoms with E-state index in [4.69, 9.17) is 0 Å². The number of piperazine rings is 1. The summed E-state index contributed by atoms with van der Waals surface area (Å²) in [6.45, 7) is 4.90. The quantitative estimate of drug-likeness (QED) is 0.603. The van der Waals surface area contributed by atoms with Gasteiger partial charge in [0, 0.05) is 31.9 Å². The Morgan fingerprint density at radius 1 is 1.06 bits per heavy atom. The van der Waals surface area contributed by atoms with Crippen LogP contribution in [0.15, 0.2) is 41.8 Å². The van der Waals surface area contributed by atoms with Crippen LogP contribution in [0.3, 0.4) is 0 Å². The summed E-state index contributed by atoms with van der Waals surface area (Å²) in [4.78, 5) is 31.2. The third kappa shape index (κ3) is 5.33. The fraction of sp³-hybridized carbons (Fsp3) is 0.381. The maximum atomic E-state index is 12.6. The van der Waals surface area contributed by atoms with Crippen molar-refractivity contribution >= 4 is 28.8 Å². The van der Waals surface area contributed by atoms with Gasteiger partial charge in [-0.3, -0.25) is 14.5 Å². The van der Waals surface area contributed by atoms with E-state index in [1.807, 2.05) is 41.8 Å². The molecule has 1 N–H and O–H groups in total. The second-order valence-corrected chi connectivity index (χ2v) is 8.28. The summed E-state index contributed by atoms with van der Waals surface area (Å²) in [7, 11) is 0. The molecule has 0 saturated carbocycles. The number of carbonyl (C=O) groups excluding carboxylic acids is 2. The zero-order valence-electron chi connectivity index (χ0n) is 17.4. The third-order valence-electron chi connectivity index (χ3n) is 5.24. The highest BCUT2D eigenvalue weighted by Crippen LogP contribution is 2.19. The standard InChI is InChI=1S/C21H25N7O2S/c1-2-16-6-3-4-7-17(16)22-19(29)14-26-9-11-27(12-10-26)20(30)15-28-24-21(23-25-28)18-8-5-13-31-18/h3-8,13H,2,9-12,14-15H2,1H3,(H,22,29). The van der Waals surface area contributed by atoms with Gasteiger partial charge in [-0.1, -0.05) is 31.2 Å². The molecule has 1 fully saturated rings. The van der Waals surface area contributed by atoms with Crippen molar-refractivity contribution in [3.05, 3.63) is 47.3 Å². The van der Waals surface area contributed by atoms with Gasteiger partial charge in [0.05, 0.1) is 11.4 Å². The highest BCUT2D eigenvalue weighted by atomic mass is 32.1. The molecule has 162 valence electrons. The zero-order chi connectivity index (χ0) is 21.6. The van der Waals surface area contributed by atoms with E-state index in [-0.39, 0.29) is 18.4 Å². The Kier molecular flexibility index (Phi) is 6.68. The number of tetrazole rings is 1. The number of benzene rings is 1. The molecule has 0 spiro atoms. The number of nitrogens with zero attached hydrogens (tertiary/aromatic N) is 6. The molecule has 4 rings (SSSR count). The highest BCUT2D eigenvalue weighted by Gasteiger charge is 2.23. The molecule has 0 radical (unpaired) electrons. The number of anilines is 1. The number of aromatic nitrogens is 4. The van der Waals surface area contributed by atoms with Crippen molar-refractivity contribution in [3.63, 3.8) is 0 Å². The van der Waals surface area contributed by atoms with Crippen molar-refractivity contribution in [2.75, 3.05) is 38.0 Å². The van der Waals surface area contributed by atoms with Crippen molar-refractivity contribution in [1.82, 2.24) is 30.0 Å². The van der Waals surface area contributed by atoms with Crippen LogP contribution in [-0.2, 0) is 22.6 Å². The summed E-state index contributed by atoms with van der Waals surface area (Å²) in [5, 5.41) is 17.2. The molecule has 0 bridgehead atoms. The number of hydrogen-bond acceptors (Lipinski definition) is 7. The largest absolute Gasteiger partial charge is 0.338 e. The minimum Gasteiger partial charge on any atom is -0.338 e. The maximum absolute atomic E-state index is 12.6. The molecular formula is C21H25N7O2S. The van der Waals surface area contributed by atoms with Gasteiger partial charge in [-0.05, 0) is 34.7 Å². The molecule has 31 heavy (non-hydrogen) atoms. The first-order valence-electron chi connectivity index (χ1n) is 10.3. The van der Waals surface area contributed by atoms with Crippen molar-refractivity contribution in [1.29, 1.82) is 0 Å². The summed E-state index contributed by atoms with van der Waals surface area (Å²) in [6, 6.07) is 11.7. The Balaban J connectivity index is 1.24. The van der Waals surface area contributed by atoms with Crippen LogP contribution in [0.1, 0.15) is 12.5 Å². The first-order valence-corrected chi connectivity index (χ1v) is 11.2. The molecule has 1 aliphatic rings. The summed E-state index contributed by atoms with van der Waals surface area (Å²) in [6.07, 6.45) is 0.868. The van der Waals surface area contributed by atoms with Crippen LogP contribution in [0.5, 0.6) is 0 Å². The number of nitrogens with one attached hydrogen (secondary N) is 1. The predicted molar refractivity (Wildman–Crippen MR) is 119 cm³/mol. The highest BCUT2D eigenvalue weighted by molar-refractivity contribution is 7.13. The minimum atomic E-state index is -0.0453. The van der Waals surface area contributed by atoms with Gasteiger partial charge in [-0.15, -0.1) is 21.5 Å². The van der Waals surface area contributed by atoms with Gasteiger partial charge in [0.15, 0.2) is 0 Å². The van der Waals surface area contributed by atoms with Crippen molar-refractivity contribution in [2.24, 2.45) is 0 Å². The minimum absolute atomic E-state index is 0.0337. The number of hydrogen-bond donors (Lipinski definition) is 1. The van der Waals surface area contributed by atoms with Crippen molar-refractivity contribution in [2.45, 2.75) is 19.9 Å². The summed E-state index contributed by atoms with van der Waals surface area (Å²) >= 11 is 1.53. The topological polar surface area (TPSA) is 96.2 Å². The van der Waals surface area contributed by atoms with E-state index in [2.05, 4.69) is 32.6 Å². The zero-order valence-corrected chi connectivity index (χ0v) is 18.2. The Bertz CT molecular complexity index is 1030.